The lowest BCUT2D eigenvalue weighted by Gasteiger charge is -2.15. The first-order chi connectivity index (χ1) is 8.72. The van der Waals surface area contributed by atoms with Gasteiger partial charge in [-0.15, -0.1) is 6.58 Å². The second kappa shape index (κ2) is 5.65. The van der Waals surface area contributed by atoms with E-state index in [-0.39, 0.29) is 6.04 Å². The lowest BCUT2D eigenvalue weighted by Crippen LogP contribution is -2.10. The molecule has 0 saturated carbocycles. The van der Waals surface area contributed by atoms with E-state index < -0.39 is 0 Å². The number of hydrogen-bond donors (Lipinski definition) is 1. The highest BCUT2D eigenvalue weighted by Crippen LogP contribution is 2.28. The molecule has 1 nitrogen and oxygen atoms in total. The maximum absolute atomic E-state index is 6.20. The van der Waals surface area contributed by atoms with E-state index in [1.807, 2.05) is 12.1 Å². The molecule has 18 heavy (non-hydrogen) atoms. The van der Waals surface area contributed by atoms with E-state index in [0.29, 0.717) is 0 Å². The van der Waals surface area contributed by atoms with Crippen molar-refractivity contribution in [1.82, 2.24) is 0 Å². The molecule has 1 atom stereocenters. The summed E-state index contributed by atoms with van der Waals surface area (Å²) in [5.74, 6) is 0. The minimum Gasteiger partial charge on any atom is -0.324 e. The smallest absolute Gasteiger partial charge is 0.0335 e. The molecule has 92 valence electrons. The van der Waals surface area contributed by atoms with Gasteiger partial charge in [-0.3, -0.25) is 0 Å². The summed E-state index contributed by atoms with van der Waals surface area (Å²) in [6.45, 7) is 5.86. The third kappa shape index (κ3) is 2.69. The molecule has 0 aliphatic rings. The van der Waals surface area contributed by atoms with Crippen LogP contribution in [0.5, 0.6) is 0 Å². The van der Waals surface area contributed by atoms with E-state index in [1.54, 1.807) is 0 Å². The molecule has 0 fully saturated rings. The highest BCUT2D eigenvalue weighted by molar-refractivity contribution is 5.68. The Morgan fingerprint density at radius 2 is 1.78 bits per heavy atom. The summed E-state index contributed by atoms with van der Waals surface area (Å²) in [7, 11) is 0. The summed E-state index contributed by atoms with van der Waals surface area (Å²) in [5.41, 5.74) is 11.1. The van der Waals surface area contributed by atoms with E-state index in [1.165, 1.54) is 22.3 Å². The molecule has 2 rings (SSSR count). The molecule has 1 unspecified atom stereocenters. The summed E-state index contributed by atoms with van der Waals surface area (Å²) in [6, 6.07) is 16.9. The van der Waals surface area contributed by atoms with Crippen LogP contribution in [-0.4, -0.2) is 0 Å². The maximum atomic E-state index is 6.20. The van der Waals surface area contributed by atoms with Gasteiger partial charge in [-0.1, -0.05) is 60.2 Å². The second-order valence-electron chi connectivity index (χ2n) is 4.58. The first kappa shape index (κ1) is 12.6. The monoisotopic (exact) mass is 237 g/mol. The standard InChI is InChI=1S/C17H19N/c1-3-6-17(18)16-8-5-4-7-15(16)14-11-9-13(2)10-12-14/h3-5,7-12,17H,1,6,18H2,2H3. The average Bonchev–Trinajstić information content (AvgIpc) is 2.40. The van der Waals surface area contributed by atoms with Gasteiger partial charge in [0.2, 0.25) is 0 Å². The third-order valence-electron chi connectivity index (χ3n) is 3.14. The summed E-state index contributed by atoms with van der Waals surface area (Å²) < 4.78 is 0. The van der Waals surface area contributed by atoms with Gasteiger partial charge in [-0.2, -0.15) is 0 Å². The Kier molecular flexibility index (Phi) is 3.96. The first-order valence-corrected chi connectivity index (χ1v) is 6.25. The van der Waals surface area contributed by atoms with Crippen molar-refractivity contribution >= 4 is 0 Å². The van der Waals surface area contributed by atoms with Gasteiger partial charge in [0.05, 0.1) is 0 Å². The van der Waals surface area contributed by atoms with E-state index in [2.05, 4.69) is 56.0 Å². The van der Waals surface area contributed by atoms with Crippen LogP contribution in [0.25, 0.3) is 11.1 Å². The van der Waals surface area contributed by atoms with Gasteiger partial charge in [0.25, 0.3) is 0 Å². The third-order valence-corrected chi connectivity index (χ3v) is 3.14. The Labute approximate surface area is 109 Å². The predicted octanol–water partition coefficient (Wildman–Crippen LogP) is 4.24. The van der Waals surface area contributed by atoms with Crippen molar-refractivity contribution in [3.8, 4) is 11.1 Å². The molecule has 2 N–H and O–H groups in total. The fourth-order valence-corrected chi connectivity index (χ4v) is 2.12. The summed E-state index contributed by atoms with van der Waals surface area (Å²) in [6.07, 6.45) is 2.67. The molecule has 0 aliphatic carbocycles. The molecule has 2 aromatic carbocycles. The first-order valence-electron chi connectivity index (χ1n) is 6.25. The molecule has 1 heteroatoms. The molecule has 0 aliphatic heterocycles. The lowest BCUT2D eigenvalue weighted by molar-refractivity contribution is 0.744. The molecule has 0 saturated heterocycles. The molecule has 0 radical (unpaired) electrons. The highest BCUT2D eigenvalue weighted by atomic mass is 14.6. The number of rotatable bonds is 4. The fourth-order valence-electron chi connectivity index (χ4n) is 2.12. The molecule has 0 spiro atoms. The number of nitrogens with two attached hydrogens (primary N) is 1. The van der Waals surface area contributed by atoms with E-state index in [9.17, 15) is 0 Å². The topological polar surface area (TPSA) is 26.0 Å². The van der Waals surface area contributed by atoms with Crippen LogP contribution in [0.4, 0.5) is 0 Å². The molecule has 0 heterocycles. The minimum absolute atomic E-state index is 0.0139. The van der Waals surface area contributed by atoms with Gasteiger partial charge in [0.15, 0.2) is 0 Å². The van der Waals surface area contributed by atoms with Crippen LogP contribution in [0, 0.1) is 6.92 Å². The molecule has 0 amide bonds. The Morgan fingerprint density at radius 1 is 1.11 bits per heavy atom. The lowest BCUT2D eigenvalue weighted by atomic mass is 9.93. The van der Waals surface area contributed by atoms with E-state index in [4.69, 9.17) is 5.73 Å². The van der Waals surface area contributed by atoms with Crippen LogP contribution in [-0.2, 0) is 0 Å². The van der Waals surface area contributed by atoms with Gasteiger partial charge >= 0.3 is 0 Å². The van der Waals surface area contributed by atoms with Crippen molar-refractivity contribution < 1.29 is 0 Å². The molecule has 2 aromatic rings. The number of hydrogen-bond acceptors (Lipinski definition) is 1. The van der Waals surface area contributed by atoms with Gasteiger partial charge in [-0.05, 0) is 30.0 Å². The van der Waals surface area contributed by atoms with Crippen LogP contribution in [0.3, 0.4) is 0 Å². The van der Waals surface area contributed by atoms with Gasteiger partial charge in [-0.25, -0.2) is 0 Å². The van der Waals surface area contributed by atoms with Crippen LogP contribution in [0.1, 0.15) is 23.6 Å². The zero-order valence-electron chi connectivity index (χ0n) is 10.8. The van der Waals surface area contributed by atoms with Crippen molar-refractivity contribution in [1.29, 1.82) is 0 Å². The molecular weight excluding hydrogens is 218 g/mol. The SMILES string of the molecule is C=CCC(N)c1ccccc1-c1ccc(C)cc1. The van der Waals surface area contributed by atoms with Crippen molar-refractivity contribution in [3.05, 3.63) is 72.3 Å². The van der Waals surface area contributed by atoms with Crippen molar-refractivity contribution in [3.63, 3.8) is 0 Å². The van der Waals surface area contributed by atoms with E-state index in [0.717, 1.165) is 6.42 Å². The normalized spacial score (nSPS) is 12.1. The number of aryl methyl sites for hydroxylation is 1. The highest BCUT2D eigenvalue weighted by Gasteiger charge is 2.10. The zero-order chi connectivity index (χ0) is 13.0. The summed E-state index contributed by atoms with van der Waals surface area (Å²) in [4.78, 5) is 0. The van der Waals surface area contributed by atoms with Gasteiger partial charge in [0, 0.05) is 6.04 Å². The zero-order valence-corrected chi connectivity index (χ0v) is 10.8. The average molecular weight is 237 g/mol. The van der Waals surface area contributed by atoms with Gasteiger partial charge < -0.3 is 5.73 Å². The maximum Gasteiger partial charge on any atom is 0.0335 e. The summed E-state index contributed by atoms with van der Waals surface area (Å²) in [5, 5.41) is 0. The Morgan fingerprint density at radius 3 is 2.44 bits per heavy atom. The largest absolute Gasteiger partial charge is 0.324 e. The quantitative estimate of drug-likeness (QED) is 0.791. The van der Waals surface area contributed by atoms with Crippen molar-refractivity contribution in [2.75, 3.05) is 0 Å². The van der Waals surface area contributed by atoms with Crippen molar-refractivity contribution in [2.24, 2.45) is 5.73 Å². The Bertz CT molecular complexity index is 526. The fraction of sp³-hybridized carbons (Fsp3) is 0.176. The minimum atomic E-state index is 0.0139. The van der Waals surface area contributed by atoms with Crippen LogP contribution in [0.15, 0.2) is 61.2 Å². The second-order valence-corrected chi connectivity index (χ2v) is 4.58. The summed E-state index contributed by atoms with van der Waals surface area (Å²) >= 11 is 0. The molecule has 0 bridgehead atoms. The van der Waals surface area contributed by atoms with Crippen molar-refractivity contribution in [2.45, 2.75) is 19.4 Å². The predicted molar refractivity (Wildman–Crippen MR) is 78.4 cm³/mol. The van der Waals surface area contributed by atoms with Crippen LogP contribution in [0.2, 0.25) is 0 Å². The molecular formula is C17H19N. The molecule has 0 aromatic heterocycles. The Balaban J connectivity index is 2.44. The Hall–Kier alpha value is -1.86. The number of benzene rings is 2. The van der Waals surface area contributed by atoms with Crippen LogP contribution >= 0.6 is 0 Å². The van der Waals surface area contributed by atoms with Crippen LogP contribution < -0.4 is 5.73 Å². The van der Waals surface area contributed by atoms with Gasteiger partial charge in [0.1, 0.15) is 0 Å². The van der Waals surface area contributed by atoms with E-state index >= 15 is 0 Å².